The van der Waals surface area contributed by atoms with Crippen molar-refractivity contribution in [2.75, 3.05) is 18.4 Å². The van der Waals surface area contributed by atoms with E-state index in [0.29, 0.717) is 5.69 Å². The molecule has 1 heterocycles. The largest absolute Gasteiger partial charge is 0.481 e. The van der Waals surface area contributed by atoms with Crippen molar-refractivity contribution in [3.8, 4) is 0 Å². The molecule has 5 nitrogen and oxygen atoms in total. The second-order valence-electron chi connectivity index (χ2n) is 6.53. The van der Waals surface area contributed by atoms with Crippen molar-refractivity contribution in [3.63, 3.8) is 0 Å². The minimum Gasteiger partial charge on any atom is -0.481 e. The number of carboxylic acid groups (broad SMARTS) is 1. The summed E-state index contributed by atoms with van der Waals surface area (Å²) in [5.41, 5.74) is 2.38. The van der Waals surface area contributed by atoms with E-state index in [1.165, 1.54) is 11.8 Å². The topological polar surface area (TPSA) is 69.6 Å². The van der Waals surface area contributed by atoms with Gasteiger partial charge in [0.2, 0.25) is 5.91 Å². The van der Waals surface area contributed by atoms with Crippen molar-refractivity contribution in [2.45, 2.75) is 33.0 Å². The third-order valence-corrected chi connectivity index (χ3v) is 4.66. The highest BCUT2D eigenvalue weighted by Gasteiger charge is 2.53. The van der Waals surface area contributed by atoms with Crippen molar-refractivity contribution in [1.29, 1.82) is 0 Å². The van der Waals surface area contributed by atoms with Gasteiger partial charge in [0.05, 0.1) is 17.9 Å². The second kappa shape index (κ2) is 7.03. The summed E-state index contributed by atoms with van der Waals surface area (Å²) in [5.74, 6) is -5.48. The Morgan fingerprint density at radius 3 is 2.44 bits per heavy atom. The van der Waals surface area contributed by atoms with Crippen LogP contribution in [0.4, 0.5) is 18.9 Å². The maximum Gasteiger partial charge on any atom is 0.393 e. The first-order valence-corrected chi connectivity index (χ1v) is 7.92. The Morgan fingerprint density at radius 1 is 1.28 bits per heavy atom. The fraction of sp³-hybridized carbons (Fsp3) is 0.529. The Labute approximate surface area is 143 Å². The highest BCUT2D eigenvalue weighted by atomic mass is 19.4. The van der Waals surface area contributed by atoms with E-state index in [4.69, 9.17) is 5.11 Å². The van der Waals surface area contributed by atoms with Gasteiger partial charge in [-0.2, -0.15) is 13.2 Å². The quantitative estimate of drug-likeness (QED) is 0.868. The minimum absolute atomic E-state index is 0.305. The Morgan fingerprint density at radius 2 is 1.92 bits per heavy atom. The highest BCUT2D eigenvalue weighted by Crippen LogP contribution is 2.38. The van der Waals surface area contributed by atoms with Crippen molar-refractivity contribution in [1.82, 2.24) is 4.90 Å². The molecular weight excluding hydrogens is 337 g/mol. The van der Waals surface area contributed by atoms with E-state index < -0.39 is 42.5 Å². The van der Waals surface area contributed by atoms with Crippen molar-refractivity contribution in [2.24, 2.45) is 11.8 Å². The van der Waals surface area contributed by atoms with E-state index in [2.05, 4.69) is 5.32 Å². The molecule has 0 saturated carbocycles. The third-order valence-electron chi connectivity index (χ3n) is 4.66. The number of halogens is 3. The van der Waals surface area contributed by atoms with Gasteiger partial charge in [-0.25, -0.2) is 0 Å². The zero-order chi connectivity index (χ0) is 18.9. The van der Waals surface area contributed by atoms with Crippen molar-refractivity contribution in [3.05, 3.63) is 29.3 Å². The number of carbonyl (C=O) groups is 2. The Bertz CT molecular complexity index is 676. The number of alkyl halides is 3. The lowest BCUT2D eigenvalue weighted by Crippen LogP contribution is -2.41. The summed E-state index contributed by atoms with van der Waals surface area (Å²) in [5, 5.41) is 11.8. The molecule has 2 N–H and O–H groups in total. The fourth-order valence-corrected chi connectivity index (χ4v) is 3.01. The average Bonchev–Trinajstić information content (AvgIpc) is 2.95. The summed E-state index contributed by atoms with van der Waals surface area (Å²) >= 11 is 0. The van der Waals surface area contributed by atoms with Crippen molar-refractivity contribution >= 4 is 17.6 Å². The van der Waals surface area contributed by atoms with Gasteiger partial charge in [-0.3, -0.25) is 14.5 Å². The van der Waals surface area contributed by atoms with Crippen LogP contribution in [0.25, 0.3) is 0 Å². The van der Waals surface area contributed by atoms with E-state index in [0.717, 1.165) is 11.1 Å². The smallest absolute Gasteiger partial charge is 0.393 e. The van der Waals surface area contributed by atoms with Gasteiger partial charge >= 0.3 is 12.1 Å². The first-order chi connectivity index (χ1) is 11.5. The highest BCUT2D eigenvalue weighted by molar-refractivity contribution is 5.95. The molecular formula is C17H21F3N2O3. The van der Waals surface area contributed by atoms with Gasteiger partial charge < -0.3 is 10.4 Å². The summed E-state index contributed by atoms with van der Waals surface area (Å²) in [6.45, 7) is 4.36. The summed E-state index contributed by atoms with van der Waals surface area (Å²) in [7, 11) is 0. The molecule has 1 saturated heterocycles. The minimum atomic E-state index is -4.61. The third kappa shape index (κ3) is 4.31. The van der Waals surface area contributed by atoms with E-state index in [1.807, 2.05) is 26.0 Å². The summed E-state index contributed by atoms with van der Waals surface area (Å²) in [6.07, 6.45) is -4.61. The van der Waals surface area contributed by atoms with Crippen LogP contribution in [-0.4, -0.2) is 47.2 Å². The average molecular weight is 358 g/mol. The van der Waals surface area contributed by atoms with Crippen LogP contribution in [0, 0.1) is 25.7 Å². The number of anilines is 1. The molecule has 0 radical (unpaired) electrons. The molecule has 0 spiro atoms. The number of benzene rings is 1. The molecule has 2 rings (SSSR count). The molecule has 138 valence electrons. The van der Waals surface area contributed by atoms with Gasteiger partial charge in [0.25, 0.3) is 0 Å². The molecule has 0 aliphatic carbocycles. The maximum absolute atomic E-state index is 13.1. The number of nitrogens with zero attached hydrogens (tertiary/aromatic N) is 1. The molecule has 25 heavy (non-hydrogen) atoms. The van der Waals surface area contributed by atoms with Crippen LogP contribution in [-0.2, 0) is 9.59 Å². The molecule has 0 bridgehead atoms. The monoisotopic (exact) mass is 358 g/mol. The number of hydrogen-bond donors (Lipinski definition) is 2. The van der Waals surface area contributed by atoms with Crippen LogP contribution < -0.4 is 5.32 Å². The number of carbonyl (C=O) groups excluding carboxylic acids is 1. The summed E-state index contributed by atoms with van der Waals surface area (Å²) < 4.78 is 39.2. The molecule has 1 amide bonds. The first kappa shape index (κ1) is 19.2. The number of likely N-dealkylation sites (tertiary alicyclic amines) is 1. The van der Waals surface area contributed by atoms with Crippen LogP contribution in [0.15, 0.2) is 18.2 Å². The van der Waals surface area contributed by atoms with Gasteiger partial charge in [-0.15, -0.1) is 0 Å². The lowest BCUT2D eigenvalue weighted by Gasteiger charge is -2.24. The SMILES string of the molecule is Cc1ccc(C)c(NC(=O)C(C)N2C[C@@H](C(F)(F)F)[C@H](C(=O)O)C2)c1. The first-order valence-electron chi connectivity index (χ1n) is 7.92. The normalized spacial score (nSPS) is 22.6. The van der Waals surface area contributed by atoms with Crippen LogP contribution in [0.5, 0.6) is 0 Å². The van der Waals surface area contributed by atoms with E-state index in [1.54, 1.807) is 6.07 Å². The second-order valence-corrected chi connectivity index (χ2v) is 6.53. The molecule has 1 aliphatic heterocycles. The number of aliphatic carboxylic acids is 1. The van der Waals surface area contributed by atoms with Gasteiger partial charge in [-0.05, 0) is 38.0 Å². The zero-order valence-electron chi connectivity index (χ0n) is 14.2. The van der Waals surface area contributed by atoms with Crippen LogP contribution >= 0.6 is 0 Å². The zero-order valence-corrected chi connectivity index (χ0v) is 14.2. The molecule has 1 aromatic rings. The Kier molecular flexibility index (Phi) is 5.41. The van der Waals surface area contributed by atoms with E-state index >= 15 is 0 Å². The predicted octanol–water partition coefficient (Wildman–Crippen LogP) is 2.83. The molecule has 1 unspecified atom stereocenters. The molecule has 8 heteroatoms. The lowest BCUT2D eigenvalue weighted by molar-refractivity contribution is -0.188. The molecule has 1 fully saturated rings. The Hall–Kier alpha value is -2.09. The lowest BCUT2D eigenvalue weighted by atomic mass is 9.96. The maximum atomic E-state index is 13.1. The number of carboxylic acids is 1. The fourth-order valence-electron chi connectivity index (χ4n) is 3.01. The number of nitrogens with one attached hydrogen (secondary N) is 1. The van der Waals surface area contributed by atoms with Crippen molar-refractivity contribution < 1.29 is 27.9 Å². The van der Waals surface area contributed by atoms with Crippen LogP contribution in [0.2, 0.25) is 0 Å². The van der Waals surface area contributed by atoms with Gasteiger partial charge in [0.15, 0.2) is 0 Å². The predicted molar refractivity (Wildman–Crippen MR) is 86.3 cm³/mol. The van der Waals surface area contributed by atoms with E-state index in [-0.39, 0.29) is 6.54 Å². The summed E-state index contributed by atoms with van der Waals surface area (Å²) in [6, 6.07) is 4.64. The summed E-state index contributed by atoms with van der Waals surface area (Å²) in [4.78, 5) is 24.8. The van der Waals surface area contributed by atoms with Crippen LogP contribution in [0.3, 0.4) is 0 Å². The van der Waals surface area contributed by atoms with E-state index in [9.17, 15) is 22.8 Å². The number of rotatable bonds is 4. The molecule has 0 aromatic heterocycles. The number of amides is 1. The van der Waals surface area contributed by atoms with Gasteiger partial charge in [0.1, 0.15) is 0 Å². The molecule has 1 aliphatic rings. The standard InChI is InChI=1S/C17H21F3N2O3/c1-9-4-5-10(2)14(6-9)21-15(23)11(3)22-7-12(16(24)25)13(8-22)17(18,19)20/h4-6,11-13H,7-8H2,1-3H3,(H,21,23)(H,24,25)/t11?,12-,13-/m1/s1. The van der Waals surface area contributed by atoms with Gasteiger partial charge in [-0.1, -0.05) is 12.1 Å². The van der Waals surface area contributed by atoms with Gasteiger partial charge in [0, 0.05) is 18.8 Å². The Balaban J connectivity index is 2.12. The molecule has 1 aromatic carbocycles. The number of aryl methyl sites for hydroxylation is 2. The molecule has 3 atom stereocenters. The van der Waals surface area contributed by atoms with Crippen LogP contribution in [0.1, 0.15) is 18.1 Å². The number of hydrogen-bond acceptors (Lipinski definition) is 3.